The molecule has 0 aliphatic heterocycles. The maximum Gasteiger partial charge on any atom is 0.431 e. The quantitative estimate of drug-likeness (QED) is 0.358. The first-order valence-corrected chi connectivity index (χ1v) is 7.35. The third-order valence-corrected chi connectivity index (χ3v) is 2.08. The predicted molar refractivity (Wildman–Crippen MR) is 77.4 cm³/mol. The second-order valence-corrected chi connectivity index (χ2v) is 5.41. The number of ether oxygens (including phenoxy) is 4. The van der Waals surface area contributed by atoms with Gasteiger partial charge in [0.25, 0.3) is 0 Å². The van der Waals surface area contributed by atoms with Gasteiger partial charge in [0.05, 0.1) is 46.2 Å². The first kappa shape index (κ1) is 21.6. The maximum atomic E-state index is 11.2. The van der Waals surface area contributed by atoms with Gasteiger partial charge in [-0.1, -0.05) is 0 Å². The van der Waals surface area contributed by atoms with E-state index in [-0.39, 0.29) is 19.6 Å². The number of carboxylic acid groups (broad SMARTS) is 1. The van der Waals surface area contributed by atoms with E-state index >= 15 is 0 Å². The Morgan fingerprint density at radius 1 is 0.870 bits per heavy atom. The third kappa shape index (κ3) is 18.5. The van der Waals surface area contributed by atoms with Crippen molar-refractivity contribution in [3.05, 3.63) is 0 Å². The lowest BCUT2D eigenvalue weighted by Gasteiger charge is -2.19. The van der Waals surface area contributed by atoms with Gasteiger partial charge in [0, 0.05) is 12.4 Å². The van der Waals surface area contributed by atoms with Gasteiger partial charge in [0.15, 0.2) is 0 Å². The first-order chi connectivity index (χ1) is 10.8. The number of carboxylic acids is 1. The molecule has 9 nitrogen and oxygen atoms in total. The van der Waals surface area contributed by atoms with Gasteiger partial charge >= 0.3 is 6.09 Å². The topological polar surface area (TPSA) is 115 Å². The Morgan fingerprint density at radius 2 is 1.35 bits per heavy atom. The van der Waals surface area contributed by atoms with Gasteiger partial charge < -0.3 is 28.8 Å². The van der Waals surface area contributed by atoms with Crippen molar-refractivity contribution in [2.24, 2.45) is 0 Å². The van der Waals surface area contributed by atoms with Gasteiger partial charge in [-0.15, -0.1) is 0 Å². The summed E-state index contributed by atoms with van der Waals surface area (Å²) in [6.07, 6.45) is -0.778. The highest BCUT2D eigenvalue weighted by molar-refractivity contribution is 5.66. The summed E-state index contributed by atoms with van der Waals surface area (Å²) in [5, 5.41) is 10.1. The van der Waals surface area contributed by atoms with Crippen LogP contribution < -0.4 is 10.6 Å². The van der Waals surface area contributed by atoms with Crippen LogP contribution in [0.5, 0.6) is 0 Å². The zero-order chi connectivity index (χ0) is 17.6. The van der Waals surface area contributed by atoms with Crippen molar-refractivity contribution in [3.8, 4) is 0 Å². The molecule has 0 radical (unpaired) electrons. The van der Waals surface area contributed by atoms with Crippen LogP contribution in [0.1, 0.15) is 27.2 Å². The second kappa shape index (κ2) is 13.1. The van der Waals surface area contributed by atoms with Gasteiger partial charge in [-0.25, -0.2) is 4.79 Å². The Morgan fingerprint density at radius 3 is 1.83 bits per heavy atom. The highest BCUT2D eigenvalue weighted by atomic mass is 16.7. The van der Waals surface area contributed by atoms with E-state index in [1.54, 1.807) is 20.8 Å². The molecule has 0 aromatic carbocycles. The summed E-state index contributed by atoms with van der Waals surface area (Å²) in [4.78, 5) is 26.2. The molecule has 0 saturated heterocycles. The lowest BCUT2D eigenvalue weighted by molar-refractivity contribution is -0.306. The summed E-state index contributed by atoms with van der Waals surface area (Å²) in [7, 11) is 0. The number of rotatable bonds is 13. The van der Waals surface area contributed by atoms with Crippen LogP contribution in [0.15, 0.2) is 0 Å². The number of carbonyl (C=O) groups excluding carboxylic acids is 2. The van der Waals surface area contributed by atoms with Gasteiger partial charge in [0.1, 0.15) is 5.60 Å². The molecule has 1 N–H and O–H groups in total. The van der Waals surface area contributed by atoms with E-state index in [1.165, 1.54) is 0 Å². The molecule has 0 rings (SSSR count). The van der Waals surface area contributed by atoms with Crippen molar-refractivity contribution < 1.29 is 38.5 Å². The normalized spacial score (nSPS) is 11.3. The lowest BCUT2D eigenvalue weighted by Crippen LogP contribution is -2.33. The molecule has 0 atom stereocenters. The van der Waals surface area contributed by atoms with E-state index in [2.05, 4.69) is 5.48 Å². The van der Waals surface area contributed by atoms with Crippen LogP contribution in [0.2, 0.25) is 0 Å². The molecule has 0 aliphatic rings. The number of hydrogen-bond donors (Lipinski definition) is 1. The van der Waals surface area contributed by atoms with Crippen molar-refractivity contribution >= 4 is 12.1 Å². The highest BCUT2D eigenvalue weighted by Crippen LogP contribution is 2.06. The van der Waals surface area contributed by atoms with Crippen LogP contribution in [0.25, 0.3) is 0 Å². The average Bonchev–Trinajstić information content (AvgIpc) is 2.41. The van der Waals surface area contributed by atoms with Crippen LogP contribution in [0.3, 0.4) is 0 Å². The van der Waals surface area contributed by atoms with Crippen molar-refractivity contribution in [3.63, 3.8) is 0 Å². The SMILES string of the molecule is CC(C)(C)OC(=O)NOCCOCCOCCOCCC(=O)[O-]. The minimum Gasteiger partial charge on any atom is -0.550 e. The van der Waals surface area contributed by atoms with Gasteiger partial charge in [-0.2, -0.15) is 5.48 Å². The number of hydrogen-bond acceptors (Lipinski definition) is 8. The molecule has 0 unspecified atom stereocenters. The van der Waals surface area contributed by atoms with Crippen LogP contribution in [-0.2, 0) is 28.6 Å². The zero-order valence-electron chi connectivity index (χ0n) is 13.9. The summed E-state index contributed by atoms with van der Waals surface area (Å²) in [5.41, 5.74) is 1.57. The van der Waals surface area contributed by atoms with Crippen molar-refractivity contribution in [1.29, 1.82) is 0 Å². The summed E-state index contributed by atoms with van der Waals surface area (Å²) in [6, 6.07) is 0. The van der Waals surface area contributed by atoms with Crippen molar-refractivity contribution in [1.82, 2.24) is 5.48 Å². The number of hydroxylamine groups is 1. The Balaban J connectivity index is 3.19. The van der Waals surface area contributed by atoms with Crippen molar-refractivity contribution in [2.45, 2.75) is 32.8 Å². The summed E-state index contributed by atoms with van der Waals surface area (Å²) < 4.78 is 20.4. The fraction of sp³-hybridized carbons (Fsp3) is 0.857. The van der Waals surface area contributed by atoms with Gasteiger partial charge in [-0.3, -0.25) is 4.84 Å². The summed E-state index contributed by atoms with van der Waals surface area (Å²) >= 11 is 0. The molecular weight excluding hydrogens is 310 g/mol. The smallest absolute Gasteiger partial charge is 0.431 e. The zero-order valence-corrected chi connectivity index (χ0v) is 13.9. The van der Waals surface area contributed by atoms with Crippen molar-refractivity contribution in [2.75, 3.05) is 46.2 Å². The van der Waals surface area contributed by atoms with Gasteiger partial charge in [-0.05, 0) is 20.8 Å². The fourth-order valence-electron chi connectivity index (χ4n) is 1.21. The molecule has 136 valence electrons. The van der Waals surface area contributed by atoms with E-state index < -0.39 is 17.7 Å². The fourth-order valence-corrected chi connectivity index (χ4v) is 1.21. The minimum absolute atomic E-state index is 0.115. The monoisotopic (exact) mass is 336 g/mol. The molecule has 9 heteroatoms. The molecule has 0 aromatic heterocycles. The molecule has 0 spiro atoms. The molecule has 0 heterocycles. The van der Waals surface area contributed by atoms with Gasteiger partial charge in [0.2, 0.25) is 0 Å². The summed E-state index contributed by atoms with van der Waals surface area (Å²) in [5.74, 6) is -1.14. The Kier molecular flexibility index (Phi) is 12.3. The molecule has 0 bridgehead atoms. The largest absolute Gasteiger partial charge is 0.550 e. The molecule has 23 heavy (non-hydrogen) atoms. The van der Waals surface area contributed by atoms with Crippen LogP contribution in [0, 0.1) is 0 Å². The number of nitrogens with one attached hydrogen (secondary N) is 1. The number of aliphatic carboxylic acids is 1. The van der Waals surface area contributed by atoms with E-state index in [4.69, 9.17) is 23.8 Å². The third-order valence-electron chi connectivity index (χ3n) is 2.08. The Hall–Kier alpha value is -1.42. The van der Waals surface area contributed by atoms with Crippen LogP contribution >= 0.6 is 0 Å². The lowest BCUT2D eigenvalue weighted by atomic mass is 10.2. The predicted octanol–water partition coefficient (Wildman–Crippen LogP) is -0.367. The van der Waals surface area contributed by atoms with E-state index in [9.17, 15) is 14.7 Å². The minimum atomic E-state index is -1.14. The van der Waals surface area contributed by atoms with E-state index in [0.29, 0.717) is 33.0 Å². The van der Waals surface area contributed by atoms with Crippen LogP contribution in [0.4, 0.5) is 4.79 Å². The highest BCUT2D eigenvalue weighted by Gasteiger charge is 2.15. The Labute approximate surface area is 136 Å². The molecular formula is C14H26NO8-. The Bertz CT molecular complexity index is 329. The number of carbonyl (C=O) groups is 2. The molecule has 0 aromatic rings. The number of amides is 1. The van der Waals surface area contributed by atoms with Crippen LogP contribution in [-0.4, -0.2) is 63.9 Å². The van der Waals surface area contributed by atoms with E-state index in [1.807, 2.05) is 0 Å². The molecule has 0 saturated carbocycles. The first-order valence-electron chi connectivity index (χ1n) is 7.35. The standard InChI is InChI=1S/C14H27NO8/c1-14(2,3)23-13(18)15-22-11-10-21-9-8-20-7-6-19-5-4-12(16)17/h4-11H2,1-3H3,(H,15,18)(H,16,17)/p-1. The maximum absolute atomic E-state index is 11.2. The molecule has 0 fully saturated rings. The summed E-state index contributed by atoms with van der Waals surface area (Å²) in [6.45, 7) is 7.27. The average molecular weight is 336 g/mol. The second-order valence-electron chi connectivity index (χ2n) is 5.41. The molecule has 0 aliphatic carbocycles. The molecule has 1 amide bonds. The van der Waals surface area contributed by atoms with E-state index in [0.717, 1.165) is 0 Å².